The lowest BCUT2D eigenvalue weighted by Crippen LogP contribution is -2.36. The average molecular weight is 431 g/mol. The quantitative estimate of drug-likeness (QED) is 0.481. The van der Waals surface area contributed by atoms with Gasteiger partial charge in [0, 0.05) is 4.88 Å². The zero-order valence-corrected chi connectivity index (χ0v) is 17.8. The number of fused-ring (bicyclic) bond motifs is 2. The normalized spacial score (nSPS) is 13.2. The molecule has 0 saturated heterocycles. The molecule has 0 spiro atoms. The van der Waals surface area contributed by atoms with Gasteiger partial charge in [-0.2, -0.15) is 0 Å². The third kappa shape index (κ3) is 4.01. The molecule has 0 radical (unpaired) electrons. The Morgan fingerprint density at radius 2 is 1.81 bits per heavy atom. The summed E-state index contributed by atoms with van der Waals surface area (Å²) in [6.45, 7) is 0.364. The van der Waals surface area contributed by atoms with Crippen molar-refractivity contribution in [2.24, 2.45) is 0 Å². The molecule has 0 bridgehead atoms. The van der Waals surface area contributed by atoms with E-state index in [-0.39, 0.29) is 18.0 Å². The van der Waals surface area contributed by atoms with E-state index in [1.165, 1.54) is 22.1 Å². The van der Waals surface area contributed by atoms with Crippen molar-refractivity contribution in [2.45, 2.75) is 38.8 Å². The number of benzene rings is 2. The number of hydrogen-bond acceptors (Lipinski definition) is 5. The Balaban J connectivity index is 1.52. The molecule has 4 aromatic rings. The summed E-state index contributed by atoms with van der Waals surface area (Å²) < 4.78 is 1.50. The van der Waals surface area contributed by atoms with Crippen LogP contribution in [0.15, 0.2) is 65.6 Å². The summed E-state index contributed by atoms with van der Waals surface area (Å²) in [6.07, 6.45) is 5.57. The van der Waals surface area contributed by atoms with Crippen LogP contribution in [0.5, 0.6) is 0 Å². The minimum atomic E-state index is -0.287. The van der Waals surface area contributed by atoms with E-state index in [1.807, 2.05) is 54.6 Å². The maximum absolute atomic E-state index is 13.5. The van der Waals surface area contributed by atoms with Crippen LogP contribution in [-0.4, -0.2) is 20.4 Å². The van der Waals surface area contributed by atoms with Gasteiger partial charge in [0.15, 0.2) is 5.13 Å². The molecule has 0 unspecified atom stereocenters. The molecule has 0 saturated carbocycles. The van der Waals surface area contributed by atoms with Gasteiger partial charge in [-0.05, 0) is 43.4 Å². The maximum Gasteiger partial charge on any atom is 0.269 e. The smallest absolute Gasteiger partial charge is 0.269 e. The highest BCUT2D eigenvalue weighted by molar-refractivity contribution is 7.15. The van der Waals surface area contributed by atoms with Crippen LogP contribution < -0.4 is 10.5 Å². The van der Waals surface area contributed by atoms with Gasteiger partial charge < -0.3 is 0 Å². The zero-order chi connectivity index (χ0) is 21.2. The first-order valence-electron chi connectivity index (χ1n) is 10.5. The summed E-state index contributed by atoms with van der Waals surface area (Å²) in [6, 6.07) is 17.3. The van der Waals surface area contributed by atoms with E-state index in [0.717, 1.165) is 30.5 Å². The van der Waals surface area contributed by atoms with Crippen molar-refractivity contribution in [1.82, 2.24) is 14.5 Å². The second-order valence-electron chi connectivity index (χ2n) is 7.71. The van der Waals surface area contributed by atoms with Crippen LogP contribution in [0.25, 0.3) is 11.0 Å². The second kappa shape index (κ2) is 8.43. The second-order valence-corrected chi connectivity index (χ2v) is 8.77. The highest BCUT2D eigenvalue weighted by atomic mass is 32.1. The fourth-order valence-electron chi connectivity index (χ4n) is 3.98. The van der Waals surface area contributed by atoms with E-state index in [1.54, 1.807) is 16.2 Å². The molecular formula is C24H22N4O2S. The summed E-state index contributed by atoms with van der Waals surface area (Å²) in [7, 11) is 0. The molecule has 2 aromatic carbocycles. The zero-order valence-electron chi connectivity index (χ0n) is 17.0. The van der Waals surface area contributed by atoms with E-state index in [2.05, 4.69) is 4.98 Å². The Morgan fingerprint density at radius 3 is 2.65 bits per heavy atom. The predicted molar refractivity (Wildman–Crippen MR) is 122 cm³/mol. The molecule has 7 heteroatoms. The first kappa shape index (κ1) is 19.6. The Labute approximate surface area is 183 Å². The number of aromatic nitrogens is 3. The van der Waals surface area contributed by atoms with Gasteiger partial charge in [-0.15, -0.1) is 11.3 Å². The third-order valence-electron chi connectivity index (χ3n) is 5.60. The van der Waals surface area contributed by atoms with Crippen molar-refractivity contribution in [3.05, 3.63) is 87.3 Å². The highest BCUT2D eigenvalue weighted by Gasteiger charge is 2.24. The minimum Gasteiger partial charge on any atom is -0.296 e. The molecule has 31 heavy (non-hydrogen) atoms. The van der Waals surface area contributed by atoms with Crippen LogP contribution in [0, 0.1) is 0 Å². The molecule has 1 aliphatic carbocycles. The fraction of sp³-hybridized carbons (Fsp3) is 0.250. The van der Waals surface area contributed by atoms with E-state index in [4.69, 9.17) is 4.98 Å². The maximum atomic E-state index is 13.5. The Morgan fingerprint density at radius 1 is 1.03 bits per heavy atom. The number of hydrogen-bond donors (Lipinski definition) is 0. The number of para-hydroxylation sites is 2. The standard InChI is InChI=1S/C24H22N4O2S/c29-22-14-25-18-10-4-6-12-20(18)27(22)16-23(30)28(15-17-8-2-1-3-9-17)24-26-19-11-5-7-13-21(19)31-24/h1-4,6,8-10,12,14H,5,7,11,13,15-16H2. The van der Waals surface area contributed by atoms with Crippen LogP contribution in [0.2, 0.25) is 0 Å². The predicted octanol–water partition coefficient (Wildman–Crippen LogP) is 3.97. The van der Waals surface area contributed by atoms with Crippen molar-refractivity contribution in [3.8, 4) is 0 Å². The summed E-state index contributed by atoms with van der Waals surface area (Å²) in [4.78, 5) is 38.1. The monoisotopic (exact) mass is 430 g/mol. The lowest BCUT2D eigenvalue weighted by molar-refractivity contribution is -0.119. The number of rotatable bonds is 5. The first-order valence-corrected chi connectivity index (χ1v) is 11.3. The Bertz CT molecular complexity index is 1270. The summed E-state index contributed by atoms with van der Waals surface area (Å²) in [5.41, 5.74) is 3.19. The third-order valence-corrected chi connectivity index (χ3v) is 6.78. The van der Waals surface area contributed by atoms with E-state index >= 15 is 0 Å². The van der Waals surface area contributed by atoms with Gasteiger partial charge in [0.25, 0.3) is 5.56 Å². The number of carbonyl (C=O) groups excluding carboxylic acids is 1. The van der Waals surface area contributed by atoms with Crippen molar-refractivity contribution in [3.63, 3.8) is 0 Å². The van der Waals surface area contributed by atoms with E-state index in [0.29, 0.717) is 22.7 Å². The van der Waals surface area contributed by atoms with Gasteiger partial charge in [-0.1, -0.05) is 42.5 Å². The number of nitrogens with zero attached hydrogens (tertiary/aromatic N) is 4. The molecule has 0 aliphatic heterocycles. The average Bonchev–Trinajstić information content (AvgIpc) is 3.24. The van der Waals surface area contributed by atoms with Gasteiger partial charge in [0.1, 0.15) is 6.54 Å². The fourth-order valence-corrected chi connectivity index (χ4v) is 5.15. The van der Waals surface area contributed by atoms with Crippen molar-refractivity contribution in [2.75, 3.05) is 4.90 Å². The van der Waals surface area contributed by atoms with Crippen molar-refractivity contribution < 1.29 is 4.79 Å². The van der Waals surface area contributed by atoms with Gasteiger partial charge in [0.2, 0.25) is 5.91 Å². The Kier molecular flexibility index (Phi) is 5.34. The van der Waals surface area contributed by atoms with Crippen LogP contribution in [0.3, 0.4) is 0 Å². The molecule has 2 heterocycles. The molecule has 5 rings (SSSR count). The molecule has 6 nitrogen and oxygen atoms in total. The Hall–Kier alpha value is -3.32. The SMILES string of the molecule is O=C(Cn1c(=O)cnc2ccccc21)N(Cc1ccccc1)c1nc2c(s1)CCCC2. The largest absolute Gasteiger partial charge is 0.296 e. The minimum absolute atomic E-state index is 0.0566. The van der Waals surface area contributed by atoms with Crippen molar-refractivity contribution >= 4 is 33.4 Å². The van der Waals surface area contributed by atoms with E-state index in [9.17, 15) is 9.59 Å². The van der Waals surface area contributed by atoms with Gasteiger partial charge in [0.05, 0.1) is 29.5 Å². The molecule has 1 amide bonds. The van der Waals surface area contributed by atoms with Crippen LogP contribution >= 0.6 is 11.3 Å². The number of thiazole rings is 1. The van der Waals surface area contributed by atoms with Gasteiger partial charge in [-0.25, -0.2) is 9.97 Å². The molecular weight excluding hydrogens is 408 g/mol. The summed E-state index contributed by atoms with van der Waals surface area (Å²) in [5, 5.41) is 0.715. The highest BCUT2D eigenvalue weighted by Crippen LogP contribution is 2.32. The summed E-state index contributed by atoms with van der Waals surface area (Å²) in [5.74, 6) is -0.159. The topological polar surface area (TPSA) is 68.1 Å². The molecule has 2 aromatic heterocycles. The summed E-state index contributed by atoms with van der Waals surface area (Å²) >= 11 is 1.60. The number of anilines is 1. The molecule has 0 atom stereocenters. The van der Waals surface area contributed by atoms with Crippen molar-refractivity contribution in [1.29, 1.82) is 0 Å². The molecule has 1 aliphatic rings. The van der Waals surface area contributed by atoms with Crippen LogP contribution in [-0.2, 0) is 30.7 Å². The molecule has 0 N–H and O–H groups in total. The first-order chi connectivity index (χ1) is 15.2. The van der Waals surface area contributed by atoms with E-state index < -0.39 is 0 Å². The lowest BCUT2D eigenvalue weighted by atomic mass is 10.0. The molecule has 156 valence electrons. The van der Waals surface area contributed by atoms with Crippen LogP contribution in [0.4, 0.5) is 5.13 Å². The number of carbonyl (C=O) groups is 1. The van der Waals surface area contributed by atoms with Crippen LogP contribution in [0.1, 0.15) is 29.0 Å². The van der Waals surface area contributed by atoms with Gasteiger partial charge in [-0.3, -0.25) is 19.1 Å². The number of aryl methyl sites for hydroxylation is 2. The van der Waals surface area contributed by atoms with Gasteiger partial charge >= 0.3 is 0 Å². The lowest BCUT2D eigenvalue weighted by Gasteiger charge is -2.21. The number of amides is 1. The molecule has 0 fully saturated rings.